The van der Waals surface area contributed by atoms with Crippen LogP contribution < -0.4 is 15.0 Å². The van der Waals surface area contributed by atoms with Gasteiger partial charge in [0.1, 0.15) is 6.54 Å². The van der Waals surface area contributed by atoms with Gasteiger partial charge in [-0.25, -0.2) is 4.98 Å². The summed E-state index contributed by atoms with van der Waals surface area (Å²) in [5, 5.41) is 2.96. The van der Waals surface area contributed by atoms with Crippen molar-refractivity contribution in [2.45, 2.75) is 19.4 Å². The number of nitrogens with zero attached hydrogens (tertiary/aromatic N) is 4. The number of carbonyl (C=O) groups excluding carboxylic acids is 2. The largest absolute Gasteiger partial charge is 0.472 e. The number of amides is 2. The number of piperazine rings is 1. The monoisotopic (exact) mass is 437 g/mol. The zero-order valence-corrected chi connectivity index (χ0v) is 18.6. The van der Waals surface area contributed by atoms with Crippen LogP contribution >= 0.6 is 0 Å². The van der Waals surface area contributed by atoms with Crippen molar-refractivity contribution in [3.05, 3.63) is 54.2 Å². The number of likely N-dealkylation sites (N-methyl/N-ethyl adjacent to an activating group) is 1. The molecular weight excluding hydrogens is 406 g/mol. The summed E-state index contributed by atoms with van der Waals surface area (Å²) in [6, 6.07) is 12.9. The number of carbonyl (C=O) groups is 2. The van der Waals surface area contributed by atoms with Crippen LogP contribution in [0.1, 0.15) is 25.0 Å². The Morgan fingerprint density at radius 3 is 2.59 bits per heavy atom. The minimum atomic E-state index is -0.789. The van der Waals surface area contributed by atoms with Gasteiger partial charge in [-0.1, -0.05) is 37.3 Å². The molecule has 0 bridgehead atoms. The SMILES string of the molecule is CCN1CCN(CCCNC(=O)CN2C(=O)C(c3ccccc3)Oc3cccnc32)CC1. The Hall–Kier alpha value is -2.97. The fourth-order valence-electron chi connectivity index (χ4n) is 4.15. The molecule has 2 amide bonds. The molecule has 2 aliphatic rings. The van der Waals surface area contributed by atoms with Crippen molar-refractivity contribution in [1.82, 2.24) is 20.1 Å². The van der Waals surface area contributed by atoms with E-state index in [1.165, 1.54) is 4.90 Å². The summed E-state index contributed by atoms with van der Waals surface area (Å²) in [5.74, 6) is 0.402. The van der Waals surface area contributed by atoms with Crippen molar-refractivity contribution in [3.8, 4) is 5.75 Å². The van der Waals surface area contributed by atoms with Crippen LogP contribution in [0.4, 0.5) is 5.82 Å². The minimum Gasteiger partial charge on any atom is -0.472 e. The third kappa shape index (κ3) is 5.26. The average molecular weight is 438 g/mol. The third-order valence-electron chi connectivity index (χ3n) is 6.03. The van der Waals surface area contributed by atoms with Crippen molar-refractivity contribution in [2.75, 3.05) is 57.3 Å². The first-order valence-electron chi connectivity index (χ1n) is 11.3. The second kappa shape index (κ2) is 10.6. The summed E-state index contributed by atoms with van der Waals surface area (Å²) >= 11 is 0. The standard InChI is InChI=1S/C24H31N5O3/c1-2-27-14-16-28(17-15-27)13-7-12-25-21(30)18-29-23-20(10-6-11-26-23)32-22(24(29)31)19-8-4-3-5-9-19/h3-6,8-11,22H,2,7,12-18H2,1H3,(H,25,30). The highest BCUT2D eigenvalue weighted by molar-refractivity contribution is 6.03. The Morgan fingerprint density at radius 1 is 1.09 bits per heavy atom. The molecule has 4 rings (SSSR count). The highest BCUT2D eigenvalue weighted by Crippen LogP contribution is 2.36. The van der Waals surface area contributed by atoms with Gasteiger partial charge in [0.15, 0.2) is 11.6 Å². The quantitative estimate of drug-likeness (QED) is 0.634. The molecular formula is C24H31N5O3. The summed E-state index contributed by atoms with van der Waals surface area (Å²) in [6.45, 7) is 9.14. The second-order valence-electron chi connectivity index (χ2n) is 8.14. The number of benzene rings is 1. The molecule has 3 heterocycles. The Morgan fingerprint density at radius 2 is 1.84 bits per heavy atom. The number of rotatable bonds is 8. The molecule has 170 valence electrons. The van der Waals surface area contributed by atoms with Crippen LogP contribution in [0.3, 0.4) is 0 Å². The van der Waals surface area contributed by atoms with Gasteiger partial charge in [0.05, 0.1) is 0 Å². The summed E-state index contributed by atoms with van der Waals surface area (Å²) < 4.78 is 5.93. The van der Waals surface area contributed by atoms with E-state index < -0.39 is 6.10 Å². The van der Waals surface area contributed by atoms with Gasteiger partial charge in [0, 0.05) is 44.5 Å². The van der Waals surface area contributed by atoms with E-state index in [1.807, 2.05) is 30.3 Å². The molecule has 0 saturated carbocycles. The molecule has 1 fully saturated rings. The summed E-state index contributed by atoms with van der Waals surface area (Å²) in [5.41, 5.74) is 0.751. The van der Waals surface area contributed by atoms with Crippen LogP contribution in [-0.2, 0) is 9.59 Å². The van der Waals surface area contributed by atoms with E-state index in [1.54, 1.807) is 18.3 Å². The Kier molecular flexibility index (Phi) is 7.34. The highest BCUT2D eigenvalue weighted by atomic mass is 16.5. The van der Waals surface area contributed by atoms with E-state index >= 15 is 0 Å². The maximum Gasteiger partial charge on any atom is 0.274 e. The number of anilines is 1. The number of hydrogen-bond acceptors (Lipinski definition) is 6. The van der Waals surface area contributed by atoms with Crippen LogP contribution in [-0.4, -0.2) is 79.0 Å². The van der Waals surface area contributed by atoms with Crippen LogP contribution in [0.5, 0.6) is 5.75 Å². The highest BCUT2D eigenvalue weighted by Gasteiger charge is 2.37. The maximum absolute atomic E-state index is 13.2. The molecule has 1 unspecified atom stereocenters. The molecule has 1 saturated heterocycles. The fourth-order valence-corrected chi connectivity index (χ4v) is 4.15. The normalized spacial score (nSPS) is 19.3. The first-order chi connectivity index (χ1) is 15.7. The Balaban J connectivity index is 1.32. The number of hydrogen-bond donors (Lipinski definition) is 1. The van der Waals surface area contributed by atoms with Crippen LogP contribution in [0.25, 0.3) is 0 Å². The molecule has 0 radical (unpaired) electrons. The summed E-state index contributed by atoms with van der Waals surface area (Å²) in [6.07, 6.45) is 1.69. The molecule has 2 aromatic rings. The predicted octanol–water partition coefficient (Wildman–Crippen LogP) is 1.69. The molecule has 1 atom stereocenters. The lowest BCUT2D eigenvalue weighted by molar-refractivity contribution is -0.129. The molecule has 32 heavy (non-hydrogen) atoms. The zero-order valence-electron chi connectivity index (χ0n) is 18.6. The lowest BCUT2D eigenvalue weighted by atomic mass is 10.1. The van der Waals surface area contributed by atoms with E-state index in [4.69, 9.17) is 4.74 Å². The first kappa shape index (κ1) is 22.2. The van der Waals surface area contributed by atoms with Crippen LogP contribution in [0.2, 0.25) is 0 Å². The topological polar surface area (TPSA) is 78.0 Å². The van der Waals surface area contributed by atoms with Gasteiger partial charge >= 0.3 is 0 Å². The van der Waals surface area contributed by atoms with E-state index in [2.05, 4.69) is 27.0 Å². The zero-order chi connectivity index (χ0) is 22.3. The van der Waals surface area contributed by atoms with E-state index in [9.17, 15) is 9.59 Å². The number of aromatic nitrogens is 1. The molecule has 0 aliphatic carbocycles. The minimum absolute atomic E-state index is 0.0787. The van der Waals surface area contributed by atoms with Gasteiger partial charge in [-0.3, -0.25) is 14.5 Å². The van der Waals surface area contributed by atoms with E-state index in [0.29, 0.717) is 18.1 Å². The van der Waals surface area contributed by atoms with Crippen LogP contribution in [0, 0.1) is 0 Å². The molecule has 2 aliphatic heterocycles. The van der Waals surface area contributed by atoms with Gasteiger partial charge in [-0.05, 0) is 31.6 Å². The molecule has 8 heteroatoms. The smallest absolute Gasteiger partial charge is 0.274 e. The van der Waals surface area contributed by atoms with E-state index in [-0.39, 0.29) is 18.4 Å². The molecule has 1 aromatic carbocycles. The lowest BCUT2D eigenvalue weighted by Gasteiger charge is -2.34. The lowest BCUT2D eigenvalue weighted by Crippen LogP contribution is -2.48. The van der Waals surface area contributed by atoms with Gasteiger partial charge in [-0.2, -0.15) is 0 Å². The van der Waals surface area contributed by atoms with Gasteiger partial charge in [0.2, 0.25) is 12.0 Å². The number of pyridine rings is 1. The van der Waals surface area contributed by atoms with Crippen molar-refractivity contribution in [1.29, 1.82) is 0 Å². The van der Waals surface area contributed by atoms with Crippen molar-refractivity contribution in [3.63, 3.8) is 0 Å². The molecule has 1 N–H and O–H groups in total. The van der Waals surface area contributed by atoms with Crippen LogP contribution in [0.15, 0.2) is 48.7 Å². The second-order valence-corrected chi connectivity index (χ2v) is 8.14. The summed E-state index contributed by atoms with van der Waals surface area (Å²) in [4.78, 5) is 36.4. The third-order valence-corrected chi connectivity index (χ3v) is 6.03. The maximum atomic E-state index is 13.2. The Labute approximate surface area is 189 Å². The van der Waals surface area contributed by atoms with Crippen molar-refractivity contribution >= 4 is 17.6 Å². The summed E-state index contributed by atoms with van der Waals surface area (Å²) in [7, 11) is 0. The number of fused-ring (bicyclic) bond motifs is 1. The first-order valence-corrected chi connectivity index (χ1v) is 11.3. The van der Waals surface area contributed by atoms with Crippen molar-refractivity contribution in [2.24, 2.45) is 0 Å². The predicted molar refractivity (Wildman–Crippen MR) is 123 cm³/mol. The Bertz CT molecular complexity index is 915. The molecule has 0 spiro atoms. The van der Waals surface area contributed by atoms with Gasteiger partial charge in [-0.15, -0.1) is 0 Å². The van der Waals surface area contributed by atoms with E-state index in [0.717, 1.165) is 51.3 Å². The van der Waals surface area contributed by atoms with Gasteiger partial charge in [0.25, 0.3) is 5.91 Å². The fraction of sp³-hybridized carbons (Fsp3) is 0.458. The number of nitrogens with one attached hydrogen (secondary N) is 1. The molecule has 8 nitrogen and oxygen atoms in total. The van der Waals surface area contributed by atoms with Gasteiger partial charge < -0.3 is 19.9 Å². The van der Waals surface area contributed by atoms with Crippen molar-refractivity contribution < 1.29 is 14.3 Å². The average Bonchev–Trinajstić information content (AvgIpc) is 2.84. The number of ether oxygens (including phenoxy) is 1. The molecule has 1 aromatic heterocycles.